The summed E-state index contributed by atoms with van der Waals surface area (Å²) in [7, 11) is 0. The molecule has 4 heteroatoms. The Morgan fingerprint density at radius 3 is 2.76 bits per heavy atom. The number of thiophene rings is 1. The Morgan fingerprint density at radius 1 is 1.24 bits per heavy atom. The Bertz CT molecular complexity index is 517. The summed E-state index contributed by atoms with van der Waals surface area (Å²) < 4.78 is 1.29. The number of hydrogen-bond acceptors (Lipinski definition) is 3. The standard InChI is InChI=1S/C13H15ClN2S/c14-13-10-3-1-2-4-11(10)17-12(13)9-16-7-5-15-6-8-16/h1-4,15H,5-9H2. The molecule has 3 rings (SSSR count). The Kier molecular flexibility index (Phi) is 3.34. The Morgan fingerprint density at radius 2 is 2.00 bits per heavy atom. The number of nitrogens with one attached hydrogen (secondary N) is 1. The van der Waals surface area contributed by atoms with Gasteiger partial charge in [-0.05, 0) is 6.07 Å². The van der Waals surface area contributed by atoms with Crippen LogP contribution in [-0.4, -0.2) is 31.1 Å². The fourth-order valence-electron chi connectivity index (χ4n) is 2.24. The molecule has 1 saturated heterocycles. The van der Waals surface area contributed by atoms with Crippen LogP contribution in [0.1, 0.15) is 4.88 Å². The average molecular weight is 267 g/mol. The number of benzene rings is 1. The maximum Gasteiger partial charge on any atom is 0.0637 e. The first-order valence-corrected chi connectivity index (χ1v) is 7.13. The highest BCUT2D eigenvalue weighted by Gasteiger charge is 2.15. The first kappa shape index (κ1) is 11.5. The molecule has 0 bridgehead atoms. The lowest BCUT2D eigenvalue weighted by molar-refractivity contribution is 0.235. The van der Waals surface area contributed by atoms with Gasteiger partial charge in [0.15, 0.2) is 0 Å². The molecule has 90 valence electrons. The first-order chi connectivity index (χ1) is 8.34. The molecule has 1 aromatic carbocycles. The summed E-state index contributed by atoms with van der Waals surface area (Å²) in [5, 5.41) is 5.52. The van der Waals surface area contributed by atoms with E-state index in [-0.39, 0.29) is 0 Å². The molecule has 0 aliphatic carbocycles. The predicted molar refractivity (Wildman–Crippen MR) is 75.0 cm³/mol. The maximum atomic E-state index is 6.44. The molecule has 1 N–H and O–H groups in total. The van der Waals surface area contributed by atoms with Gasteiger partial charge in [-0.25, -0.2) is 0 Å². The molecule has 2 heterocycles. The van der Waals surface area contributed by atoms with Crippen LogP contribution in [0.3, 0.4) is 0 Å². The van der Waals surface area contributed by atoms with Crippen molar-refractivity contribution in [1.82, 2.24) is 10.2 Å². The molecular weight excluding hydrogens is 252 g/mol. The van der Waals surface area contributed by atoms with Crippen LogP contribution in [0.4, 0.5) is 0 Å². The van der Waals surface area contributed by atoms with E-state index in [1.54, 1.807) is 0 Å². The second kappa shape index (κ2) is 4.94. The molecule has 17 heavy (non-hydrogen) atoms. The van der Waals surface area contributed by atoms with E-state index in [0.29, 0.717) is 0 Å². The third kappa shape index (κ3) is 2.33. The van der Waals surface area contributed by atoms with E-state index >= 15 is 0 Å². The van der Waals surface area contributed by atoms with Crippen LogP contribution >= 0.6 is 22.9 Å². The maximum absolute atomic E-state index is 6.44. The van der Waals surface area contributed by atoms with Crippen molar-refractivity contribution < 1.29 is 0 Å². The lowest BCUT2D eigenvalue weighted by Crippen LogP contribution is -2.42. The normalized spacial score (nSPS) is 17.7. The largest absolute Gasteiger partial charge is 0.314 e. The molecule has 0 atom stereocenters. The van der Waals surface area contributed by atoms with Crippen molar-refractivity contribution in [2.45, 2.75) is 6.54 Å². The smallest absolute Gasteiger partial charge is 0.0637 e. The topological polar surface area (TPSA) is 15.3 Å². The number of rotatable bonds is 2. The van der Waals surface area contributed by atoms with Gasteiger partial charge in [0.05, 0.1) is 5.02 Å². The van der Waals surface area contributed by atoms with Crippen molar-refractivity contribution in [3.8, 4) is 0 Å². The van der Waals surface area contributed by atoms with Crippen molar-refractivity contribution in [3.05, 3.63) is 34.2 Å². The van der Waals surface area contributed by atoms with Gasteiger partial charge in [-0.15, -0.1) is 11.3 Å². The second-order valence-electron chi connectivity index (χ2n) is 4.36. The van der Waals surface area contributed by atoms with Crippen LogP contribution in [0.5, 0.6) is 0 Å². The summed E-state index contributed by atoms with van der Waals surface area (Å²) in [5.74, 6) is 0. The van der Waals surface area contributed by atoms with Crippen molar-refractivity contribution in [1.29, 1.82) is 0 Å². The highest BCUT2D eigenvalue weighted by Crippen LogP contribution is 2.35. The molecule has 1 aromatic heterocycles. The number of hydrogen-bond donors (Lipinski definition) is 1. The number of nitrogens with zero attached hydrogens (tertiary/aromatic N) is 1. The van der Waals surface area contributed by atoms with Crippen LogP contribution < -0.4 is 5.32 Å². The Hall–Kier alpha value is -0.610. The fraction of sp³-hybridized carbons (Fsp3) is 0.385. The minimum Gasteiger partial charge on any atom is -0.314 e. The van der Waals surface area contributed by atoms with Crippen LogP contribution in [0, 0.1) is 0 Å². The van der Waals surface area contributed by atoms with Crippen molar-refractivity contribution in [3.63, 3.8) is 0 Å². The molecule has 1 aliphatic rings. The molecule has 1 aliphatic heterocycles. The van der Waals surface area contributed by atoms with Crippen molar-refractivity contribution in [2.75, 3.05) is 26.2 Å². The minimum atomic E-state index is 0.948. The average Bonchev–Trinajstić information content (AvgIpc) is 2.68. The summed E-state index contributed by atoms with van der Waals surface area (Å²) in [6.45, 7) is 5.39. The quantitative estimate of drug-likeness (QED) is 0.899. The van der Waals surface area contributed by atoms with E-state index in [1.807, 2.05) is 11.3 Å². The predicted octanol–water partition coefficient (Wildman–Crippen LogP) is 2.96. The van der Waals surface area contributed by atoms with E-state index in [4.69, 9.17) is 11.6 Å². The first-order valence-electron chi connectivity index (χ1n) is 5.93. The van der Waals surface area contributed by atoms with Gasteiger partial charge < -0.3 is 5.32 Å². The van der Waals surface area contributed by atoms with Gasteiger partial charge in [-0.2, -0.15) is 0 Å². The number of halogens is 1. The van der Waals surface area contributed by atoms with E-state index in [2.05, 4.69) is 34.5 Å². The molecule has 0 amide bonds. The molecule has 0 radical (unpaired) electrons. The van der Waals surface area contributed by atoms with Crippen LogP contribution in [0.15, 0.2) is 24.3 Å². The van der Waals surface area contributed by atoms with Gasteiger partial charge in [-0.3, -0.25) is 4.90 Å². The lowest BCUT2D eigenvalue weighted by atomic mass is 10.2. The summed E-state index contributed by atoms with van der Waals surface area (Å²) in [6, 6.07) is 8.38. The molecule has 0 unspecified atom stereocenters. The van der Waals surface area contributed by atoms with Gasteiger partial charge in [0.25, 0.3) is 0 Å². The number of fused-ring (bicyclic) bond motifs is 1. The van der Waals surface area contributed by atoms with E-state index in [0.717, 1.165) is 37.7 Å². The SMILES string of the molecule is Clc1c(CN2CCNCC2)sc2ccccc12. The second-order valence-corrected chi connectivity index (χ2v) is 5.88. The zero-order valence-corrected chi connectivity index (χ0v) is 11.2. The summed E-state index contributed by atoms with van der Waals surface area (Å²) in [6.07, 6.45) is 0. The zero-order chi connectivity index (χ0) is 11.7. The van der Waals surface area contributed by atoms with Crippen molar-refractivity contribution >= 4 is 33.0 Å². The monoisotopic (exact) mass is 266 g/mol. The fourth-order valence-corrected chi connectivity index (χ4v) is 3.77. The molecule has 1 fully saturated rings. The van der Waals surface area contributed by atoms with Crippen molar-refractivity contribution in [2.24, 2.45) is 0 Å². The number of piperazine rings is 1. The van der Waals surface area contributed by atoms with Gasteiger partial charge in [-0.1, -0.05) is 29.8 Å². The highest BCUT2D eigenvalue weighted by atomic mass is 35.5. The molecule has 0 spiro atoms. The molecule has 2 aromatic rings. The third-order valence-corrected chi connectivity index (χ3v) is 4.88. The van der Waals surface area contributed by atoms with Gasteiger partial charge in [0.2, 0.25) is 0 Å². The summed E-state index contributed by atoms with van der Waals surface area (Å²) in [4.78, 5) is 3.77. The van der Waals surface area contributed by atoms with E-state index in [9.17, 15) is 0 Å². The van der Waals surface area contributed by atoms with Crippen LogP contribution in [-0.2, 0) is 6.54 Å². The Balaban J connectivity index is 1.87. The molecular formula is C13H15ClN2S. The van der Waals surface area contributed by atoms with Gasteiger partial charge >= 0.3 is 0 Å². The van der Waals surface area contributed by atoms with E-state index in [1.165, 1.54) is 15.0 Å². The molecule has 0 saturated carbocycles. The molecule has 2 nitrogen and oxygen atoms in total. The van der Waals surface area contributed by atoms with Gasteiger partial charge in [0.1, 0.15) is 0 Å². The summed E-state index contributed by atoms with van der Waals surface area (Å²) >= 11 is 8.27. The Labute approximate surface area is 110 Å². The highest BCUT2D eigenvalue weighted by molar-refractivity contribution is 7.19. The zero-order valence-electron chi connectivity index (χ0n) is 9.58. The van der Waals surface area contributed by atoms with Crippen LogP contribution in [0.25, 0.3) is 10.1 Å². The minimum absolute atomic E-state index is 0.948. The third-order valence-electron chi connectivity index (χ3n) is 3.18. The van der Waals surface area contributed by atoms with Gasteiger partial charge in [0, 0.05) is 47.7 Å². The van der Waals surface area contributed by atoms with Crippen LogP contribution in [0.2, 0.25) is 5.02 Å². The lowest BCUT2D eigenvalue weighted by Gasteiger charge is -2.26. The summed E-state index contributed by atoms with van der Waals surface area (Å²) in [5.41, 5.74) is 0. The van der Waals surface area contributed by atoms with E-state index < -0.39 is 0 Å².